The molecule has 0 unspecified atom stereocenters. The van der Waals surface area contributed by atoms with Crippen LogP contribution in [-0.2, 0) is 27.9 Å². The third-order valence-corrected chi connectivity index (χ3v) is 19.7. The number of carbonyl (C=O) groups excluding carboxylic acids is 1. The molecule has 3 rings (SSSR count). The Labute approximate surface area is 257 Å². The number of hydrogen-bond acceptors (Lipinski definition) is 6. The molecule has 0 aromatic heterocycles. The van der Waals surface area contributed by atoms with Gasteiger partial charge in [-0.1, -0.05) is 72.8 Å². The largest absolute Gasteiger partial charge is 0.647 e. The average molecular weight is 659 g/mol. The van der Waals surface area contributed by atoms with Crippen LogP contribution in [0.2, 0.25) is 58.9 Å². The minimum Gasteiger partial charge on any atom is -0.395 e. The number of benzene rings is 3. The second kappa shape index (κ2) is 13.1. The van der Waals surface area contributed by atoms with Crippen molar-refractivity contribution in [2.75, 3.05) is 0 Å². The Morgan fingerprint density at radius 2 is 1.00 bits per heavy atom. The van der Waals surface area contributed by atoms with Crippen LogP contribution in [0, 0.1) is 13.8 Å². The molecule has 0 saturated heterocycles. The monoisotopic (exact) mass is 658 g/mol. The Hall–Kier alpha value is -1.73. The number of rotatable bonds is 13. The highest BCUT2D eigenvalue weighted by Gasteiger charge is 2.53. The zero-order chi connectivity index (χ0) is 31.6. The molecule has 0 fully saturated rings. The van der Waals surface area contributed by atoms with E-state index in [9.17, 15) is 9.36 Å². The minimum atomic E-state index is -3.63. The highest BCUT2D eigenvalue weighted by Crippen LogP contribution is 2.48. The Kier molecular flexibility index (Phi) is 10.8. The van der Waals surface area contributed by atoms with Crippen molar-refractivity contribution >= 4 is 57.3 Å². The van der Waals surface area contributed by atoms with Crippen LogP contribution in [0.3, 0.4) is 0 Å². The van der Waals surface area contributed by atoms with Gasteiger partial charge in [-0.25, -0.2) is 0 Å². The van der Waals surface area contributed by atoms with Crippen molar-refractivity contribution in [3.63, 3.8) is 0 Å². The lowest BCUT2D eigenvalue weighted by Crippen LogP contribution is -2.62. The molecule has 0 radical (unpaired) electrons. The quantitative estimate of drug-likeness (QED) is 0.137. The van der Waals surface area contributed by atoms with Gasteiger partial charge in [0, 0.05) is 16.2 Å². The first-order chi connectivity index (χ1) is 19.2. The van der Waals surface area contributed by atoms with Crippen LogP contribution >= 0.6 is 7.14 Å². The summed E-state index contributed by atoms with van der Waals surface area (Å²) in [6, 6.07) is 22.0. The summed E-state index contributed by atoms with van der Waals surface area (Å²) >= 11 is 0. The summed E-state index contributed by atoms with van der Waals surface area (Å²) in [5.41, 5.74) is 2.50. The molecule has 0 spiro atoms. The van der Waals surface area contributed by atoms with Crippen molar-refractivity contribution in [1.29, 1.82) is 0 Å². The summed E-state index contributed by atoms with van der Waals surface area (Å²) in [6.07, 6.45) is 0. The van der Waals surface area contributed by atoms with E-state index >= 15 is 0 Å². The van der Waals surface area contributed by atoms with E-state index in [1.54, 1.807) is 24.3 Å². The molecule has 3 aromatic rings. The molecule has 42 heavy (non-hydrogen) atoms. The predicted molar refractivity (Wildman–Crippen MR) is 184 cm³/mol. The second-order valence-corrected chi connectivity index (χ2v) is 32.7. The van der Waals surface area contributed by atoms with E-state index in [1.165, 1.54) is 0 Å². The van der Waals surface area contributed by atoms with Crippen molar-refractivity contribution in [1.82, 2.24) is 0 Å². The molecule has 0 heterocycles. The summed E-state index contributed by atoms with van der Waals surface area (Å²) in [7, 11) is -13.4. The molecule has 0 aliphatic heterocycles. The van der Waals surface area contributed by atoms with E-state index in [2.05, 4.69) is 58.9 Å². The highest BCUT2D eigenvalue weighted by molar-refractivity contribution is 7.93. The Morgan fingerprint density at radius 3 is 1.33 bits per heavy atom. The zero-order valence-corrected chi connectivity index (χ0v) is 31.9. The van der Waals surface area contributed by atoms with Gasteiger partial charge in [0.15, 0.2) is 25.0 Å². The van der Waals surface area contributed by atoms with Gasteiger partial charge < -0.3 is 21.3 Å². The van der Waals surface area contributed by atoms with Crippen molar-refractivity contribution < 1.29 is 26.1 Å². The van der Waals surface area contributed by atoms with Crippen molar-refractivity contribution in [3.05, 3.63) is 95.1 Å². The van der Waals surface area contributed by atoms with Gasteiger partial charge in [0.05, 0.1) is 6.61 Å². The van der Waals surface area contributed by atoms with Gasteiger partial charge in [-0.2, -0.15) is 0 Å². The van der Waals surface area contributed by atoms with Gasteiger partial charge >= 0.3 is 9.05 Å². The molecule has 0 aliphatic rings. The lowest BCUT2D eigenvalue weighted by atomic mass is 10.0. The van der Waals surface area contributed by atoms with Gasteiger partial charge in [-0.05, 0) is 89.5 Å². The van der Waals surface area contributed by atoms with E-state index < -0.39 is 41.1 Å². The Morgan fingerprint density at radius 1 is 0.643 bits per heavy atom. The molecule has 0 bridgehead atoms. The maximum absolute atomic E-state index is 14.8. The molecule has 0 atom stereocenters. The summed E-state index contributed by atoms with van der Waals surface area (Å²) in [4.78, 5) is 14.3. The molecule has 0 amide bonds. The van der Waals surface area contributed by atoms with Crippen LogP contribution in [0.4, 0.5) is 0 Å². The summed E-state index contributed by atoms with van der Waals surface area (Å²) in [5, 5.41) is 1.05. The molecule has 3 aromatic carbocycles. The smallest absolute Gasteiger partial charge is 0.395 e. The van der Waals surface area contributed by atoms with Gasteiger partial charge in [-0.3, -0.25) is 4.79 Å². The van der Waals surface area contributed by atoms with E-state index in [0.29, 0.717) is 16.2 Å². The molecule has 0 aliphatic carbocycles. The first-order valence-corrected chi connectivity index (χ1v) is 27.9. The van der Waals surface area contributed by atoms with Crippen molar-refractivity contribution in [2.24, 2.45) is 0 Å². The first-order valence-electron chi connectivity index (χ1n) is 14.4. The fraction of sp³-hybridized carbons (Fsp3) is 0.387. The van der Waals surface area contributed by atoms with Gasteiger partial charge in [0.25, 0.3) is 0 Å². The predicted octanol–water partition coefficient (Wildman–Crippen LogP) is 7.96. The molecule has 6 nitrogen and oxygen atoms in total. The molecular weight excluding hydrogens is 612 g/mol. The maximum atomic E-state index is 14.8. The molecule has 228 valence electrons. The van der Waals surface area contributed by atoms with E-state index in [0.717, 1.165) is 16.7 Å². The number of hydrogen-bond donors (Lipinski definition) is 0. The Balaban J connectivity index is 2.03. The normalized spacial score (nSPS) is 13.3. The molecule has 0 N–H and O–H groups in total. The van der Waals surface area contributed by atoms with Crippen molar-refractivity contribution in [3.8, 4) is 0 Å². The third kappa shape index (κ3) is 9.14. The van der Waals surface area contributed by atoms with Crippen LogP contribution in [0.5, 0.6) is 0 Å². The summed E-state index contributed by atoms with van der Waals surface area (Å²) in [6.45, 7) is 23.1. The van der Waals surface area contributed by atoms with Gasteiger partial charge in [-0.15, -0.1) is 0 Å². The van der Waals surface area contributed by atoms with Crippen LogP contribution in [-0.4, -0.2) is 39.5 Å². The van der Waals surface area contributed by atoms with E-state index in [-0.39, 0.29) is 12.1 Å². The second-order valence-electron chi connectivity index (χ2n) is 13.6. The van der Waals surface area contributed by atoms with Crippen molar-refractivity contribution in [2.45, 2.75) is 79.4 Å². The SMILES string of the molecule is Cc1cc(CO[Si](O[Si](C)(C)C)(O[Si](C)(C)C)O[Si](C)(C)C)cc(C)c1C(=O)P(=O)(c1ccccc1)c1ccccc1. The zero-order valence-electron chi connectivity index (χ0n) is 27.0. The standard InChI is InChI=1S/C31H47O6PSi4/c1-25-22-27(24-34-42(35-39(3,4)5,36-40(6,7)8)37-41(9,10)11)23-26(2)30(25)31(32)38(33,28-18-14-12-15-19-28)29-20-16-13-17-21-29/h12-23H,24H2,1-11H3. The van der Waals surface area contributed by atoms with E-state index in [1.807, 2.05) is 62.4 Å². The van der Waals surface area contributed by atoms with Crippen LogP contribution < -0.4 is 10.6 Å². The fourth-order valence-corrected chi connectivity index (χ4v) is 19.0. The van der Waals surface area contributed by atoms with E-state index in [4.69, 9.17) is 16.8 Å². The lowest BCUT2D eigenvalue weighted by Gasteiger charge is -2.40. The lowest BCUT2D eigenvalue weighted by molar-refractivity contribution is 0.0760. The van der Waals surface area contributed by atoms with Crippen LogP contribution in [0.15, 0.2) is 72.8 Å². The first kappa shape index (κ1) is 34.8. The maximum Gasteiger partial charge on any atom is 0.647 e. The summed E-state index contributed by atoms with van der Waals surface area (Å²) in [5.74, 6) is 0. The third-order valence-electron chi connectivity index (χ3n) is 6.04. The fourth-order valence-electron chi connectivity index (χ4n) is 4.74. The van der Waals surface area contributed by atoms with Crippen LogP contribution in [0.25, 0.3) is 0 Å². The van der Waals surface area contributed by atoms with Gasteiger partial charge in [0.1, 0.15) is 0 Å². The molecular formula is C31H47O6PSi4. The van der Waals surface area contributed by atoms with Gasteiger partial charge in [0.2, 0.25) is 12.7 Å². The topological polar surface area (TPSA) is 71.1 Å². The Bertz CT molecular complexity index is 1320. The molecule has 0 saturated carbocycles. The molecule has 11 heteroatoms. The minimum absolute atomic E-state index is 0.219. The number of carbonyl (C=O) groups is 1. The average Bonchev–Trinajstić information content (AvgIpc) is 2.84. The summed E-state index contributed by atoms with van der Waals surface area (Å²) < 4.78 is 41.3. The number of aryl methyl sites for hydroxylation is 2. The van der Waals surface area contributed by atoms with Crippen LogP contribution in [0.1, 0.15) is 27.0 Å². The highest BCUT2D eigenvalue weighted by atomic mass is 31.2.